The maximum absolute atomic E-state index is 13.2. The van der Waals surface area contributed by atoms with Gasteiger partial charge >= 0.3 is 0 Å². The largest absolute Gasteiger partial charge is 0.495 e. The van der Waals surface area contributed by atoms with Crippen LogP contribution in [0.25, 0.3) is 0 Å². The molecule has 1 amide bonds. The van der Waals surface area contributed by atoms with Crippen molar-refractivity contribution in [1.29, 1.82) is 0 Å². The van der Waals surface area contributed by atoms with E-state index < -0.39 is 10.0 Å². The lowest BCUT2D eigenvalue weighted by Gasteiger charge is -2.31. The zero-order chi connectivity index (χ0) is 21.0. The van der Waals surface area contributed by atoms with Gasteiger partial charge in [-0.2, -0.15) is 4.31 Å². The Morgan fingerprint density at radius 1 is 1.14 bits per heavy atom. The summed E-state index contributed by atoms with van der Waals surface area (Å²) in [6.45, 7) is 4.88. The average Bonchev–Trinajstić information content (AvgIpc) is 2.73. The highest BCUT2D eigenvalue weighted by Gasteiger charge is 2.34. The molecule has 0 bridgehead atoms. The molecule has 0 spiro atoms. The Morgan fingerprint density at radius 2 is 1.83 bits per heavy atom. The normalized spacial score (nSPS) is 17.7. The summed E-state index contributed by atoms with van der Waals surface area (Å²) in [5.74, 6) is -0.150. The van der Waals surface area contributed by atoms with Crippen molar-refractivity contribution in [2.24, 2.45) is 5.92 Å². The van der Waals surface area contributed by atoms with E-state index in [1.54, 1.807) is 12.1 Å². The Labute approximate surface area is 172 Å². The topological polar surface area (TPSA) is 75.7 Å². The van der Waals surface area contributed by atoms with Crippen LogP contribution in [0.1, 0.15) is 29.5 Å². The van der Waals surface area contributed by atoms with Gasteiger partial charge in [-0.3, -0.25) is 4.79 Å². The number of sulfonamides is 1. The first-order valence-corrected chi connectivity index (χ1v) is 11.2. The fourth-order valence-electron chi connectivity index (χ4n) is 3.54. The summed E-state index contributed by atoms with van der Waals surface area (Å²) >= 11 is 0. The van der Waals surface area contributed by atoms with Crippen LogP contribution in [0, 0.1) is 19.8 Å². The van der Waals surface area contributed by atoms with Crippen LogP contribution in [0.4, 0.5) is 0 Å². The highest BCUT2D eigenvalue weighted by atomic mass is 32.2. The van der Waals surface area contributed by atoms with Gasteiger partial charge in [0.2, 0.25) is 15.9 Å². The van der Waals surface area contributed by atoms with Crippen LogP contribution in [0.15, 0.2) is 47.4 Å². The molecule has 1 aliphatic heterocycles. The van der Waals surface area contributed by atoms with Crippen LogP contribution >= 0.6 is 0 Å². The number of hydrogen-bond donors (Lipinski definition) is 1. The summed E-state index contributed by atoms with van der Waals surface area (Å²) in [5.41, 5.74) is 3.03. The molecule has 6 nitrogen and oxygen atoms in total. The Hall–Kier alpha value is -2.38. The third-order valence-electron chi connectivity index (χ3n) is 5.28. The van der Waals surface area contributed by atoms with Crippen LogP contribution in [-0.2, 0) is 21.4 Å². The van der Waals surface area contributed by atoms with Crippen LogP contribution in [-0.4, -0.2) is 38.8 Å². The second kappa shape index (κ2) is 8.97. The minimum atomic E-state index is -3.74. The van der Waals surface area contributed by atoms with E-state index in [1.807, 2.05) is 44.2 Å². The molecule has 29 heavy (non-hydrogen) atoms. The van der Waals surface area contributed by atoms with Gasteiger partial charge in [0.1, 0.15) is 10.6 Å². The molecular formula is C22H28N2O4S. The van der Waals surface area contributed by atoms with Crippen molar-refractivity contribution in [3.63, 3.8) is 0 Å². The highest BCUT2D eigenvalue weighted by molar-refractivity contribution is 7.89. The van der Waals surface area contributed by atoms with E-state index in [2.05, 4.69) is 5.32 Å². The maximum Gasteiger partial charge on any atom is 0.246 e. The molecule has 1 atom stereocenters. The number of aryl methyl sites for hydroxylation is 2. The average molecular weight is 417 g/mol. The molecule has 0 unspecified atom stereocenters. The second-order valence-corrected chi connectivity index (χ2v) is 9.47. The molecule has 0 aromatic heterocycles. The van der Waals surface area contributed by atoms with Gasteiger partial charge in [-0.15, -0.1) is 0 Å². The van der Waals surface area contributed by atoms with Crippen molar-refractivity contribution < 1.29 is 17.9 Å². The zero-order valence-electron chi connectivity index (χ0n) is 17.1. The van der Waals surface area contributed by atoms with Crippen LogP contribution in [0.5, 0.6) is 5.75 Å². The molecule has 2 aromatic rings. The summed E-state index contributed by atoms with van der Waals surface area (Å²) in [4.78, 5) is 12.8. The molecule has 1 saturated heterocycles. The van der Waals surface area contributed by atoms with Gasteiger partial charge in [0.05, 0.1) is 13.0 Å². The SMILES string of the molecule is COc1ccc(C)cc1S(=O)(=O)N1CCC[C@H](C(=O)NCc2ccc(C)cc2)C1. The van der Waals surface area contributed by atoms with Crippen LogP contribution in [0.2, 0.25) is 0 Å². The number of rotatable bonds is 6. The summed E-state index contributed by atoms with van der Waals surface area (Å²) < 4.78 is 33.1. The monoisotopic (exact) mass is 416 g/mol. The van der Waals surface area contributed by atoms with Crippen molar-refractivity contribution in [2.45, 2.75) is 38.1 Å². The molecule has 1 fully saturated rings. The molecule has 1 N–H and O–H groups in total. The Balaban J connectivity index is 1.70. The molecule has 0 radical (unpaired) electrons. The standard InChI is InChI=1S/C22H28N2O4S/c1-16-6-9-18(10-7-16)14-23-22(25)19-5-4-12-24(15-19)29(26,27)21-13-17(2)8-11-20(21)28-3/h6-11,13,19H,4-5,12,14-15H2,1-3H3,(H,23,25)/t19-/m0/s1. The molecular weight excluding hydrogens is 388 g/mol. The predicted molar refractivity (Wildman–Crippen MR) is 112 cm³/mol. The molecule has 1 heterocycles. The van der Waals surface area contributed by atoms with Gasteiger partial charge in [-0.05, 0) is 49.9 Å². The lowest BCUT2D eigenvalue weighted by Crippen LogP contribution is -2.45. The van der Waals surface area contributed by atoms with E-state index in [9.17, 15) is 13.2 Å². The van der Waals surface area contributed by atoms with E-state index in [1.165, 1.54) is 17.0 Å². The smallest absolute Gasteiger partial charge is 0.246 e. The number of methoxy groups -OCH3 is 1. The fraction of sp³-hybridized carbons (Fsp3) is 0.409. The highest BCUT2D eigenvalue weighted by Crippen LogP contribution is 2.30. The van der Waals surface area contributed by atoms with E-state index in [0.717, 1.165) is 11.1 Å². The molecule has 0 saturated carbocycles. The van der Waals surface area contributed by atoms with Crippen molar-refractivity contribution in [3.05, 3.63) is 59.2 Å². The summed E-state index contributed by atoms with van der Waals surface area (Å²) in [5, 5.41) is 2.95. The Morgan fingerprint density at radius 3 is 2.52 bits per heavy atom. The first kappa shape index (κ1) is 21.3. The summed E-state index contributed by atoms with van der Waals surface area (Å²) in [6, 6.07) is 13.1. The van der Waals surface area contributed by atoms with Crippen LogP contribution < -0.4 is 10.1 Å². The first-order chi connectivity index (χ1) is 13.8. The van der Waals surface area contributed by atoms with Gasteiger partial charge < -0.3 is 10.1 Å². The third-order valence-corrected chi connectivity index (χ3v) is 7.17. The van der Waals surface area contributed by atoms with Crippen molar-refractivity contribution in [2.75, 3.05) is 20.2 Å². The third kappa shape index (κ3) is 4.97. The lowest BCUT2D eigenvalue weighted by atomic mass is 9.98. The van der Waals surface area contributed by atoms with E-state index in [-0.39, 0.29) is 23.3 Å². The van der Waals surface area contributed by atoms with Gasteiger partial charge in [0, 0.05) is 19.6 Å². The molecule has 1 aliphatic rings. The first-order valence-electron chi connectivity index (χ1n) is 9.79. The minimum absolute atomic E-state index is 0.110. The van der Waals surface area contributed by atoms with Gasteiger partial charge in [0.15, 0.2) is 0 Å². The van der Waals surface area contributed by atoms with E-state index >= 15 is 0 Å². The van der Waals surface area contributed by atoms with Crippen molar-refractivity contribution in [3.8, 4) is 5.75 Å². The number of nitrogens with one attached hydrogen (secondary N) is 1. The number of ether oxygens (including phenoxy) is 1. The molecule has 0 aliphatic carbocycles. The quantitative estimate of drug-likeness (QED) is 0.785. The minimum Gasteiger partial charge on any atom is -0.495 e. The summed E-state index contributed by atoms with van der Waals surface area (Å²) in [7, 11) is -2.28. The second-order valence-electron chi connectivity index (χ2n) is 7.56. The number of hydrogen-bond acceptors (Lipinski definition) is 4. The number of benzene rings is 2. The molecule has 2 aromatic carbocycles. The number of nitrogens with zero attached hydrogens (tertiary/aromatic N) is 1. The fourth-order valence-corrected chi connectivity index (χ4v) is 5.30. The van der Waals surface area contributed by atoms with Crippen molar-refractivity contribution in [1.82, 2.24) is 9.62 Å². The Kier molecular flexibility index (Phi) is 6.59. The van der Waals surface area contributed by atoms with Gasteiger partial charge in [0.25, 0.3) is 0 Å². The molecule has 7 heteroatoms. The molecule has 3 rings (SSSR count). The number of carbonyl (C=O) groups is 1. The van der Waals surface area contributed by atoms with Gasteiger partial charge in [-0.25, -0.2) is 8.42 Å². The van der Waals surface area contributed by atoms with Crippen molar-refractivity contribution >= 4 is 15.9 Å². The van der Waals surface area contributed by atoms with E-state index in [4.69, 9.17) is 4.74 Å². The number of amides is 1. The number of carbonyl (C=O) groups excluding carboxylic acids is 1. The predicted octanol–water partition coefficient (Wildman–Crippen LogP) is 3.03. The lowest BCUT2D eigenvalue weighted by molar-refractivity contribution is -0.126. The zero-order valence-corrected chi connectivity index (χ0v) is 18.0. The maximum atomic E-state index is 13.2. The van der Waals surface area contributed by atoms with Crippen LogP contribution in [0.3, 0.4) is 0 Å². The Bertz CT molecular complexity index is 971. The summed E-state index contributed by atoms with van der Waals surface area (Å²) in [6.07, 6.45) is 1.33. The van der Waals surface area contributed by atoms with E-state index in [0.29, 0.717) is 31.7 Å². The molecule has 156 valence electrons. The number of piperidine rings is 1. The van der Waals surface area contributed by atoms with Gasteiger partial charge in [-0.1, -0.05) is 35.9 Å².